The SMILES string of the molecule is CCCCCCCCc1ccc(C2(c3ccc(N(c4ccc(N(c5ccc(C6(c7ccc(CCCCCCCC)cc7)c7ccccc7-c7ccccc76)cc5)c5ccc(C6(c7ccc(CCCCCCCC)cc7)c7ccccc7-c7ccccc76)cc5)cc4)c4ccc(C5(c6ccc(CCCCCCCC)cc6)c6ccccc6-c6ccccc65)cc4)cc3)c3ccccc3-c3ccccc32)cc1. The van der Waals surface area contributed by atoms with Gasteiger partial charge >= 0.3 is 0 Å². The normalized spacial score (nSPS) is 13.7. The average Bonchev–Trinajstić information content (AvgIpc) is 1.56. The van der Waals surface area contributed by atoms with E-state index < -0.39 is 21.7 Å². The van der Waals surface area contributed by atoms with E-state index in [0.29, 0.717) is 0 Å². The van der Waals surface area contributed by atoms with Gasteiger partial charge in [-0.25, -0.2) is 0 Å². The maximum atomic E-state index is 2.52. The average molecular weight is 1820 g/mol. The molecule has 17 aromatic carbocycles. The molecule has 17 aromatic rings. The van der Waals surface area contributed by atoms with E-state index >= 15 is 0 Å². The summed E-state index contributed by atoms with van der Waals surface area (Å²) in [4.78, 5) is 5.03. The summed E-state index contributed by atoms with van der Waals surface area (Å²) in [6, 6.07) is 161. The Morgan fingerprint density at radius 2 is 0.264 bits per heavy atom. The summed E-state index contributed by atoms with van der Waals surface area (Å²) in [6.07, 6.45) is 35.2. The lowest BCUT2D eigenvalue weighted by molar-refractivity contribution is 0.607. The molecule has 0 fully saturated rings. The molecular formula is C138H136N2. The van der Waals surface area contributed by atoms with E-state index in [-0.39, 0.29) is 0 Å². The zero-order valence-electron chi connectivity index (χ0n) is 83.0. The third-order valence-corrected chi connectivity index (χ3v) is 32.2. The van der Waals surface area contributed by atoms with Gasteiger partial charge in [-0.1, -0.05) is 496 Å². The number of hydrogen-bond donors (Lipinski definition) is 0. The molecule has 0 aromatic heterocycles. The maximum Gasteiger partial charge on any atom is 0.0713 e. The molecule has 140 heavy (non-hydrogen) atoms. The molecule has 2 nitrogen and oxygen atoms in total. The second-order valence-corrected chi connectivity index (χ2v) is 40.6. The lowest BCUT2D eigenvalue weighted by Gasteiger charge is -2.35. The first-order valence-corrected chi connectivity index (χ1v) is 53.6. The first-order valence-electron chi connectivity index (χ1n) is 53.6. The minimum Gasteiger partial charge on any atom is -0.311 e. The highest BCUT2D eigenvalue weighted by molar-refractivity contribution is 5.93. The molecule has 0 unspecified atom stereocenters. The Morgan fingerprint density at radius 1 is 0.136 bits per heavy atom. The zero-order valence-corrected chi connectivity index (χ0v) is 83.0. The van der Waals surface area contributed by atoms with Gasteiger partial charge < -0.3 is 9.80 Å². The van der Waals surface area contributed by atoms with Crippen LogP contribution in [0.4, 0.5) is 34.1 Å². The molecule has 0 bridgehead atoms. The fourth-order valence-electron chi connectivity index (χ4n) is 25.3. The third kappa shape index (κ3) is 17.1. The van der Waals surface area contributed by atoms with Crippen LogP contribution >= 0.6 is 0 Å². The number of nitrogens with zero attached hydrogens (tertiary/aromatic N) is 2. The van der Waals surface area contributed by atoms with Crippen molar-refractivity contribution in [1.29, 1.82) is 0 Å². The standard InChI is InChI=1S/C138H136N2/c1-5-9-13-17-21-25-45-101-65-73-105(74-66-101)135(127-57-37-29-49-119(127)120-50-30-38-58-128(120)135)109-81-89-113(90-82-109)139(114-91-83-110(84-92-114)136(106-75-67-102(68-76-106)46-26-22-18-14-10-6-2)129-59-39-31-51-121(129)122-52-32-40-60-130(122)136)117-97-99-118(100-98-117)140(115-93-85-111(86-94-115)137(107-77-69-103(70-78-107)47-27-23-19-15-11-7-3)131-61-41-33-53-123(131)124-54-34-42-62-132(124)137)116-95-87-112(88-96-116)138(108-79-71-104(72-80-108)48-28-24-20-16-12-8-4)133-63-43-35-55-125(133)126-56-36-44-64-134(126)138/h29-44,49-100H,5-28,45-48H2,1-4H3. The molecule has 698 valence electrons. The smallest absolute Gasteiger partial charge is 0.0713 e. The Balaban J connectivity index is 0.714. The predicted molar refractivity (Wildman–Crippen MR) is 593 cm³/mol. The highest BCUT2D eigenvalue weighted by Gasteiger charge is 2.51. The third-order valence-electron chi connectivity index (χ3n) is 32.2. The monoisotopic (exact) mass is 1820 g/mol. The molecule has 2 heteroatoms. The summed E-state index contributed by atoms with van der Waals surface area (Å²) in [5.41, 5.74) is 40.7. The van der Waals surface area contributed by atoms with Crippen LogP contribution < -0.4 is 9.80 Å². The van der Waals surface area contributed by atoms with Crippen molar-refractivity contribution in [3.63, 3.8) is 0 Å². The highest BCUT2D eigenvalue weighted by atomic mass is 15.2. The Hall–Kier alpha value is -13.7. The summed E-state index contributed by atoms with van der Waals surface area (Å²) in [6.45, 7) is 9.24. The van der Waals surface area contributed by atoms with Crippen LogP contribution in [0.5, 0.6) is 0 Å². The Labute approximate surface area is 835 Å². The van der Waals surface area contributed by atoms with E-state index in [9.17, 15) is 0 Å². The second kappa shape index (κ2) is 42.2. The van der Waals surface area contributed by atoms with Gasteiger partial charge in [-0.3, -0.25) is 0 Å². The van der Waals surface area contributed by atoms with Crippen molar-refractivity contribution in [2.45, 2.75) is 229 Å². The lowest BCUT2D eigenvalue weighted by atomic mass is 9.67. The van der Waals surface area contributed by atoms with Gasteiger partial charge in [0.05, 0.1) is 21.7 Å². The molecule has 0 atom stereocenters. The van der Waals surface area contributed by atoms with E-state index in [1.54, 1.807) is 0 Å². The van der Waals surface area contributed by atoms with E-state index in [1.807, 2.05) is 0 Å². The molecule has 0 radical (unpaired) electrons. The van der Waals surface area contributed by atoms with Crippen molar-refractivity contribution in [3.8, 4) is 44.5 Å². The number of aryl methyl sites for hydroxylation is 4. The molecule has 4 aliphatic carbocycles. The summed E-state index contributed by atoms with van der Waals surface area (Å²) in [5, 5.41) is 0. The van der Waals surface area contributed by atoms with Crippen LogP contribution in [0.2, 0.25) is 0 Å². The quantitative estimate of drug-likeness (QED) is 0.0352. The van der Waals surface area contributed by atoms with Crippen molar-refractivity contribution in [3.05, 3.63) is 524 Å². The van der Waals surface area contributed by atoms with E-state index in [0.717, 1.165) is 59.8 Å². The summed E-state index contributed by atoms with van der Waals surface area (Å²) in [5.74, 6) is 0. The van der Waals surface area contributed by atoms with Crippen molar-refractivity contribution >= 4 is 34.1 Å². The van der Waals surface area contributed by atoms with Crippen LogP contribution in [0, 0.1) is 0 Å². The summed E-state index contributed by atoms with van der Waals surface area (Å²) >= 11 is 0. The van der Waals surface area contributed by atoms with Crippen LogP contribution in [-0.4, -0.2) is 0 Å². The van der Waals surface area contributed by atoms with E-state index in [1.165, 1.54) is 310 Å². The van der Waals surface area contributed by atoms with Crippen molar-refractivity contribution in [2.24, 2.45) is 0 Å². The number of hydrogen-bond acceptors (Lipinski definition) is 2. The maximum absolute atomic E-state index is 2.52. The second-order valence-electron chi connectivity index (χ2n) is 40.6. The first kappa shape index (κ1) is 92.7. The molecule has 0 spiro atoms. The van der Waals surface area contributed by atoms with Gasteiger partial charge in [-0.05, 0) is 280 Å². The Morgan fingerprint density at radius 3 is 0.421 bits per heavy atom. The zero-order chi connectivity index (χ0) is 94.7. The van der Waals surface area contributed by atoms with Gasteiger partial charge in [-0.15, -0.1) is 0 Å². The molecule has 0 saturated heterocycles. The number of benzene rings is 17. The minimum absolute atomic E-state index is 0.580. The number of unbranched alkanes of at least 4 members (excludes halogenated alkanes) is 20. The summed E-state index contributed by atoms with van der Waals surface area (Å²) < 4.78 is 0. The fourth-order valence-corrected chi connectivity index (χ4v) is 25.3. The van der Waals surface area contributed by atoms with Crippen LogP contribution in [-0.2, 0) is 47.3 Å². The predicted octanol–water partition coefficient (Wildman–Crippen LogP) is 37.7. The van der Waals surface area contributed by atoms with Crippen molar-refractivity contribution < 1.29 is 0 Å². The molecule has 21 rings (SSSR count). The number of rotatable bonds is 42. The number of fused-ring (bicyclic) bond motifs is 12. The van der Waals surface area contributed by atoms with Crippen molar-refractivity contribution in [2.75, 3.05) is 9.80 Å². The fraction of sp³-hybridized carbons (Fsp3) is 0.261. The van der Waals surface area contributed by atoms with Gasteiger partial charge in [0.1, 0.15) is 0 Å². The molecule has 0 N–H and O–H groups in total. The Kier molecular flexibility index (Phi) is 27.9. The lowest BCUT2D eigenvalue weighted by Crippen LogP contribution is -2.29. The summed E-state index contributed by atoms with van der Waals surface area (Å²) in [7, 11) is 0. The van der Waals surface area contributed by atoms with Crippen LogP contribution in [0.25, 0.3) is 44.5 Å². The molecule has 4 aliphatic rings. The van der Waals surface area contributed by atoms with Gasteiger partial charge in [0.15, 0.2) is 0 Å². The largest absolute Gasteiger partial charge is 0.311 e. The highest BCUT2D eigenvalue weighted by Crippen LogP contribution is 2.62. The van der Waals surface area contributed by atoms with Gasteiger partial charge in [-0.2, -0.15) is 0 Å². The van der Waals surface area contributed by atoms with Crippen molar-refractivity contribution in [1.82, 2.24) is 0 Å². The van der Waals surface area contributed by atoms with Gasteiger partial charge in [0.25, 0.3) is 0 Å². The van der Waals surface area contributed by atoms with Gasteiger partial charge in [0, 0.05) is 34.1 Å². The molecular weight excluding hydrogens is 1690 g/mol. The van der Waals surface area contributed by atoms with Gasteiger partial charge in [0.2, 0.25) is 0 Å². The first-order chi connectivity index (χ1) is 69.3. The number of anilines is 6. The minimum atomic E-state index is -0.580. The van der Waals surface area contributed by atoms with Crippen LogP contribution in [0.15, 0.2) is 413 Å². The topological polar surface area (TPSA) is 6.48 Å². The van der Waals surface area contributed by atoms with Crippen LogP contribution in [0.1, 0.15) is 293 Å². The molecule has 0 amide bonds. The molecule has 0 aliphatic heterocycles. The van der Waals surface area contributed by atoms with Crippen LogP contribution in [0.3, 0.4) is 0 Å². The molecule has 0 heterocycles. The molecule has 0 saturated carbocycles. The Bertz CT molecular complexity index is 6040. The van der Waals surface area contributed by atoms with E-state index in [2.05, 4.69) is 450 Å². The van der Waals surface area contributed by atoms with E-state index in [4.69, 9.17) is 0 Å².